The number of nitrogens with zero attached hydrogens (tertiary/aromatic N) is 3. The normalized spacial score (nSPS) is 20.5. The molecule has 0 radical (unpaired) electrons. The molecule has 122 valence electrons. The van der Waals surface area contributed by atoms with Crippen molar-refractivity contribution in [2.75, 3.05) is 26.3 Å². The van der Waals surface area contributed by atoms with Gasteiger partial charge in [-0.3, -0.25) is 9.20 Å². The minimum absolute atomic E-state index is 0.00910. The molecule has 0 saturated carbocycles. The van der Waals surface area contributed by atoms with Gasteiger partial charge in [-0.25, -0.2) is 4.98 Å². The number of ether oxygens (including phenoxy) is 2. The Morgan fingerprint density at radius 2 is 2.00 bits per heavy atom. The van der Waals surface area contributed by atoms with Gasteiger partial charge in [0.25, 0.3) is 5.91 Å². The monoisotopic (exact) mass is 335 g/mol. The number of likely N-dealkylation sites (tertiary alicyclic amines) is 1. The van der Waals surface area contributed by atoms with E-state index in [9.17, 15) is 4.79 Å². The van der Waals surface area contributed by atoms with Crippen LogP contribution in [0, 0.1) is 6.92 Å². The molecule has 4 rings (SSSR count). The van der Waals surface area contributed by atoms with Crippen molar-refractivity contribution in [3.63, 3.8) is 0 Å². The molecule has 6 nitrogen and oxygen atoms in total. The fourth-order valence-electron chi connectivity index (χ4n) is 3.38. The number of carbonyl (C=O) groups excluding carboxylic acids is 1. The number of imidazole rings is 1. The van der Waals surface area contributed by atoms with E-state index in [4.69, 9.17) is 21.1 Å². The number of fused-ring (bicyclic) bond motifs is 1. The van der Waals surface area contributed by atoms with Crippen LogP contribution in [0.1, 0.15) is 29.0 Å². The van der Waals surface area contributed by atoms with E-state index in [1.54, 1.807) is 22.7 Å². The van der Waals surface area contributed by atoms with E-state index in [1.165, 1.54) is 0 Å². The van der Waals surface area contributed by atoms with Gasteiger partial charge in [0.15, 0.2) is 5.79 Å². The highest BCUT2D eigenvalue weighted by molar-refractivity contribution is 6.30. The van der Waals surface area contributed by atoms with Crippen LogP contribution in [0.25, 0.3) is 5.65 Å². The number of carbonyl (C=O) groups is 1. The zero-order valence-electron chi connectivity index (χ0n) is 12.9. The summed E-state index contributed by atoms with van der Waals surface area (Å²) in [5, 5.41) is 0.608. The largest absolute Gasteiger partial charge is 0.347 e. The number of piperidine rings is 1. The number of aryl methyl sites for hydroxylation is 1. The van der Waals surface area contributed by atoms with Crippen molar-refractivity contribution in [1.29, 1.82) is 0 Å². The Hall–Kier alpha value is -1.63. The number of hydrogen-bond donors (Lipinski definition) is 0. The second kappa shape index (κ2) is 5.47. The van der Waals surface area contributed by atoms with Gasteiger partial charge in [-0.1, -0.05) is 11.6 Å². The highest BCUT2D eigenvalue weighted by Crippen LogP contribution is 2.32. The minimum Gasteiger partial charge on any atom is -0.347 e. The third-order valence-electron chi connectivity index (χ3n) is 4.59. The fraction of sp³-hybridized carbons (Fsp3) is 0.500. The van der Waals surface area contributed by atoms with Crippen molar-refractivity contribution < 1.29 is 14.3 Å². The summed E-state index contributed by atoms with van der Waals surface area (Å²) in [6, 6.07) is 3.52. The van der Waals surface area contributed by atoms with E-state index in [0.717, 1.165) is 0 Å². The quantitative estimate of drug-likeness (QED) is 0.802. The molecule has 0 unspecified atom stereocenters. The van der Waals surface area contributed by atoms with Crippen molar-refractivity contribution in [1.82, 2.24) is 14.3 Å². The Morgan fingerprint density at radius 3 is 2.70 bits per heavy atom. The molecule has 0 N–H and O–H groups in total. The summed E-state index contributed by atoms with van der Waals surface area (Å²) in [4.78, 5) is 19.2. The van der Waals surface area contributed by atoms with E-state index in [-0.39, 0.29) is 5.91 Å². The van der Waals surface area contributed by atoms with Crippen LogP contribution in [0.15, 0.2) is 18.3 Å². The van der Waals surface area contributed by atoms with E-state index in [1.807, 2.05) is 11.8 Å². The van der Waals surface area contributed by atoms with Gasteiger partial charge in [-0.05, 0) is 13.0 Å². The summed E-state index contributed by atoms with van der Waals surface area (Å²) in [6.45, 7) is 4.38. The van der Waals surface area contributed by atoms with E-state index >= 15 is 0 Å². The summed E-state index contributed by atoms with van der Waals surface area (Å²) in [5.74, 6) is -0.482. The summed E-state index contributed by atoms with van der Waals surface area (Å²) in [7, 11) is 0. The van der Waals surface area contributed by atoms with Crippen LogP contribution < -0.4 is 0 Å². The average molecular weight is 336 g/mol. The van der Waals surface area contributed by atoms with Gasteiger partial charge in [-0.15, -0.1) is 0 Å². The van der Waals surface area contributed by atoms with Crippen LogP contribution in [0.5, 0.6) is 0 Å². The molecule has 2 aliphatic rings. The Labute approximate surface area is 138 Å². The van der Waals surface area contributed by atoms with Crippen LogP contribution in [0.3, 0.4) is 0 Å². The van der Waals surface area contributed by atoms with Crippen LogP contribution in [-0.4, -0.2) is 52.3 Å². The Kier molecular flexibility index (Phi) is 3.55. The van der Waals surface area contributed by atoms with Crippen LogP contribution in [-0.2, 0) is 9.47 Å². The topological polar surface area (TPSA) is 56.1 Å². The maximum atomic E-state index is 12.9. The summed E-state index contributed by atoms with van der Waals surface area (Å²) in [5.41, 5.74) is 2.00. The molecule has 2 fully saturated rings. The number of rotatable bonds is 1. The molecule has 0 aliphatic carbocycles. The molecule has 0 bridgehead atoms. The first-order chi connectivity index (χ1) is 11.1. The lowest BCUT2D eigenvalue weighted by Crippen LogP contribution is -2.47. The lowest BCUT2D eigenvalue weighted by atomic mass is 10.0. The second-order valence-corrected chi connectivity index (χ2v) is 6.46. The van der Waals surface area contributed by atoms with Gasteiger partial charge >= 0.3 is 0 Å². The SMILES string of the molecule is Cc1nc2cc(Cl)ccn2c1C(=O)N1CCC2(CC1)OCCO2. The van der Waals surface area contributed by atoms with Crippen molar-refractivity contribution in [3.05, 3.63) is 34.7 Å². The van der Waals surface area contributed by atoms with Gasteiger partial charge in [0.05, 0.1) is 18.9 Å². The number of pyridine rings is 1. The van der Waals surface area contributed by atoms with Gasteiger partial charge < -0.3 is 14.4 Å². The number of halogens is 1. The summed E-state index contributed by atoms with van der Waals surface area (Å²) >= 11 is 6.00. The van der Waals surface area contributed by atoms with Gasteiger partial charge in [0, 0.05) is 43.2 Å². The van der Waals surface area contributed by atoms with Gasteiger partial charge in [-0.2, -0.15) is 0 Å². The van der Waals surface area contributed by atoms with E-state index in [2.05, 4.69) is 4.98 Å². The molecule has 1 spiro atoms. The average Bonchev–Trinajstić information content (AvgIpc) is 3.11. The number of amides is 1. The molecule has 2 aromatic heterocycles. The molecule has 2 aromatic rings. The van der Waals surface area contributed by atoms with Crippen LogP contribution >= 0.6 is 11.6 Å². The summed E-state index contributed by atoms with van der Waals surface area (Å²) < 4.78 is 13.2. The van der Waals surface area contributed by atoms with Crippen LogP contribution in [0.4, 0.5) is 0 Å². The Balaban J connectivity index is 1.59. The van der Waals surface area contributed by atoms with Crippen molar-refractivity contribution >= 4 is 23.2 Å². The molecule has 2 aliphatic heterocycles. The second-order valence-electron chi connectivity index (χ2n) is 6.02. The molecular formula is C16H18ClN3O3. The maximum absolute atomic E-state index is 12.9. The van der Waals surface area contributed by atoms with Crippen molar-refractivity contribution in [2.24, 2.45) is 0 Å². The highest BCUT2D eigenvalue weighted by Gasteiger charge is 2.41. The predicted octanol–water partition coefficient (Wildman–Crippen LogP) is 2.28. The molecule has 7 heteroatoms. The van der Waals surface area contributed by atoms with E-state index in [0.29, 0.717) is 61.2 Å². The molecule has 2 saturated heterocycles. The Bertz CT molecular complexity index is 757. The van der Waals surface area contributed by atoms with Crippen LogP contribution in [0.2, 0.25) is 5.02 Å². The molecule has 4 heterocycles. The zero-order chi connectivity index (χ0) is 16.0. The van der Waals surface area contributed by atoms with Crippen molar-refractivity contribution in [2.45, 2.75) is 25.6 Å². The summed E-state index contributed by atoms with van der Waals surface area (Å²) in [6.07, 6.45) is 3.21. The molecule has 23 heavy (non-hydrogen) atoms. The third-order valence-corrected chi connectivity index (χ3v) is 4.83. The molecule has 1 amide bonds. The van der Waals surface area contributed by atoms with Gasteiger partial charge in [0.2, 0.25) is 0 Å². The van der Waals surface area contributed by atoms with E-state index < -0.39 is 5.79 Å². The first kappa shape index (κ1) is 14.9. The Morgan fingerprint density at radius 1 is 1.30 bits per heavy atom. The zero-order valence-corrected chi connectivity index (χ0v) is 13.7. The molecule has 0 atom stereocenters. The smallest absolute Gasteiger partial charge is 0.272 e. The first-order valence-electron chi connectivity index (χ1n) is 7.79. The number of hydrogen-bond acceptors (Lipinski definition) is 4. The number of aromatic nitrogens is 2. The van der Waals surface area contributed by atoms with Crippen molar-refractivity contribution in [3.8, 4) is 0 Å². The lowest BCUT2D eigenvalue weighted by molar-refractivity contribution is -0.181. The maximum Gasteiger partial charge on any atom is 0.272 e. The van der Waals surface area contributed by atoms with Gasteiger partial charge in [0.1, 0.15) is 11.3 Å². The standard InChI is InChI=1S/C16H18ClN3O3/c1-11-14(20-5-2-12(17)10-13(20)18-11)15(21)19-6-3-16(4-7-19)22-8-9-23-16/h2,5,10H,3-4,6-9H2,1H3. The highest BCUT2D eigenvalue weighted by atomic mass is 35.5. The first-order valence-corrected chi connectivity index (χ1v) is 8.17. The molecular weight excluding hydrogens is 318 g/mol. The molecule has 0 aromatic carbocycles. The lowest BCUT2D eigenvalue weighted by Gasteiger charge is -2.37. The predicted molar refractivity (Wildman–Crippen MR) is 84.7 cm³/mol. The third kappa shape index (κ3) is 2.51. The minimum atomic E-state index is -0.473. The fourth-order valence-corrected chi connectivity index (χ4v) is 3.54.